The largest absolute Gasteiger partial charge is 0.369 e. The summed E-state index contributed by atoms with van der Waals surface area (Å²) in [6.45, 7) is 3.93. The minimum Gasteiger partial charge on any atom is -0.369 e. The van der Waals surface area contributed by atoms with Gasteiger partial charge in [-0.1, -0.05) is 18.2 Å². The third kappa shape index (κ3) is 4.09. The summed E-state index contributed by atoms with van der Waals surface area (Å²) in [5, 5.41) is 0. The van der Waals surface area contributed by atoms with Gasteiger partial charge in [0.2, 0.25) is 5.91 Å². The van der Waals surface area contributed by atoms with Crippen LogP contribution in [-0.2, 0) is 21.2 Å². The maximum atomic E-state index is 13.0. The van der Waals surface area contributed by atoms with Crippen molar-refractivity contribution in [3.05, 3.63) is 47.3 Å². The van der Waals surface area contributed by atoms with Crippen molar-refractivity contribution in [2.75, 3.05) is 44.2 Å². The lowest BCUT2D eigenvalue weighted by Crippen LogP contribution is -2.48. The maximum Gasteiger partial charge on any atom is 0.252 e. The Kier molecular flexibility index (Phi) is 5.70. The van der Waals surface area contributed by atoms with Gasteiger partial charge in [-0.25, -0.2) is 8.42 Å². The van der Waals surface area contributed by atoms with Gasteiger partial charge in [-0.05, 0) is 37.1 Å². The Balaban J connectivity index is 1.39. The van der Waals surface area contributed by atoms with Crippen molar-refractivity contribution in [1.82, 2.24) is 9.21 Å². The lowest BCUT2D eigenvalue weighted by atomic mass is 10.2. The fraction of sp³-hybridized carbons (Fsp3) is 0.450. The van der Waals surface area contributed by atoms with Gasteiger partial charge < -0.3 is 9.80 Å². The summed E-state index contributed by atoms with van der Waals surface area (Å²) in [5.74, 6) is 0.0970. The van der Waals surface area contributed by atoms with Crippen molar-refractivity contribution < 1.29 is 13.2 Å². The molecule has 2 saturated heterocycles. The molecule has 2 aliphatic rings. The first kappa shape index (κ1) is 19.4. The van der Waals surface area contributed by atoms with Gasteiger partial charge in [-0.15, -0.1) is 11.3 Å². The summed E-state index contributed by atoms with van der Waals surface area (Å²) in [6.07, 6.45) is 2.41. The average molecular weight is 420 g/mol. The van der Waals surface area contributed by atoms with Crippen molar-refractivity contribution in [3.63, 3.8) is 0 Å². The van der Waals surface area contributed by atoms with Crippen LogP contribution >= 0.6 is 11.3 Å². The van der Waals surface area contributed by atoms with Crippen molar-refractivity contribution >= 4 is 33.0 Å². The molecule has 0 atom stereocenters. The monoisotopic (exact) mass is 419 g/mol. The summed E-state index contributed by atoms with van der Waals surface area (Å²) < 4.78 is 27.9. The summed E-state index contributed by atoms with van der Waals surface area (Å²) in [5.41, 5.74) is 1.12. The molecule has 150 valence electrons. The molecule has 28 heavy (non-hydrogen) atoms. The fourth-order valence-electron chi connectivity index (χ4n) is 3.77. The number of hydrogen-bond acceptors (Lipinski definition) is 5. The maximum absolute atomic E-state index is 13.0. The zero-order chi connectivity index (χ0) is 19.6. The molecule has 2 aliphatic heterocycles. The summed E-state index contributed by atoms with van der Waals surface area (Å²) in [7, 11) is -3.50. The highest BCUT2D eigenvalue weighted by Crippen LogP contribution is 2.27. The summed E-state index contributed by atoms with van der Waals surface area (Å²) in [4.78, 5) is 17.2. The van der Waals surface area contributed by atoms with Crippen LogP contribution in [0.15, 0.2) is 46.7 Å². The molecule has 0 N–H and O–H groups in total. The first-order chi connectivity index (χ1) is 13.5. The molecule has 1 amide bonds. The molecule has 6 nitrogen and oxygen atoms in total. The summed E-state index contributed by atoms with van der Waals surface area (Å²) >= 11 is 1.23. The van der Waals surface area contributed by atoms with Gasteiger partial charge in [0, 0.05) is 49.8 Å². The Labute approximate surface area is 170 Å². The molecule has 3 heterocycles. The van der Waals surface area contributed by atoms with Crippen LogP contribution in [0.25, 0.3) is 0 Å². The molecule has 0 bridgehead atoms. The molecule has 1 aromatic heterocycles. The zero-order valence-corrected chi connectivity index (χ0v) is 17.4. The highest BCUT2D eigenvalue weighted by Gasteiger charge is 2.30. The highest BCUT2D eigenvalue weighted by molar-refractivity contribution is 7.91. The van der Waals surface area contributed by atoms with Gasteiger partial charge in [0.25, 0.3) is 10.0 Å². The second kappa shape index (κ2) is 8.23. The van der Waals surface area contributed by atoms with E-state index in [-0.39, 0.29) is 5.91 Å². The minimum absolute atomic E-state index is 0.0970. The standard InChI is InChI=1S/C20H25N3O3S2/c24-19(22-10-4-5-11-22)16-18-8-9-20(27-18)28(25,26)23-14-12-21(13-15-23)17-6-2-1-3-7-17/h1-3,6-9H,4-5,10-16H2. The van der Waals surface area contributed by atoms with E-state index in [1.807, 2.05) is 35.2 Å². The topological polar surface area (TPSA) is 60.9 Å². The molecule has 1 aromatic carbocycles. The van der Waals surface area contributed by atoms with Crippen LogP contribution in [0.4, 0.5) is 5.69 Å². The lowest BCUT2D eigenvalue weighted by molar-refractivity contribution is -0.129. The molecule has 2 aromatic rings. The van der Waals surface area contributed by atoms with Crippen LogP contribution in [0.1, 0.15) is 17.7 Å². The third-order valence-electron chi connectivity index (χ3n) is 5.38. The van der Waals surface area contributed by atoms with Gasteiger partial charge in [0.05, 0.1) is 6.42 Å². The number of piperazine rings is 1. The smallest absolute Gasteiger partial charge is 0.252 e. The third-order valence-corrected chi connectivity index (χ3v) is 8.83. The quantitative estimate of drug-likeness (QED) is 0.747. The van der Waals surface area contributed by atoms with Crippen molar-refractivity contribution in [1.29, 1.82) is 0 Å². The van der Waals surface area contributed by atoms with Crippen LogP contribution in [-0.4, -0.2) is 62.8 Å². The number of nitrogens with zero attached hydrogens (tertiary/aromatic N) is 3. The number of carbonyl (C=O) groups excluding carboxylic acids is 1. The first-order valence-electron chi connectivity index (χ1n) is 9.71. The number of likely N-dealkylation sites (tertiary alicyclic amines) is 1. The van der Waals surface area contributed by atoms with Gasteiger partial charge >= 0.3 is 0 Å². The predicted molar refractivity (Wildman–Crippen MR) is 111 cm³/mol. The molecule has 0 saturated carbocycles. The fourth-order valence-corrected chi connectivity index (χ4v) is 6.70. The molecular weight excluding hydrogens is 394 g/mol. The Morgan fingerprint density at radius 2 is 1.57 bits per heavy atom. The minimum atomic E-state index is -3.50. The highest BCUT2D eigenvalue weighted by atomic mass is 32.2. The average Bonchev–Trinajstić information content (AvgIpc) is 3.41. The van der Waals surface area contributed by atoms with Crippen LogP contribution in [0.5, 0.6) is 0 Å². The zero-order valence-electron chi connectivity index (χ0n) is 15.8. The van der Waals surface area contributed by atoms with Crippen LogP contribution in [0.2, 0.25) is 0 Å². The SMILES string of the molecule is O=C(Cc1ccc(S(=O)(=O)N2CCN(c3ccccc3)CC2)s1)N1CCCC1. The molecule has 0 aliphatic carbocycles. The van der Waals surface area contributed by atoms with Gasteiger partial charge in [-0.2, -0.15) is 4.31 Å². The number of para-hydroxylation sites is 1. The van der Waals surface area contributed by atoms with Crippen molar-refractivity contribution in [2.24, 2.45) is 0 Å². The van der Waals surface area contributed by atoms with E-state index in [0.29, 0.717) is 36.8 Å². The number of anilines is 1. The van der Waals surface area contributed by atoms with E-state index in [1.165, 1.54) is 11.3 Å². The van der Waals surface area contributed by atoms with E-state index in [9.17, 15) is 13.2 Å². The Bertz CT molecular complexity index is 913. The van der Waals surface area contributed by atoms with E-state index in [0.717, 1.165) is 36.5 Å². The van der Waals surface area contributed by atoms with E-state index in [1.54, 1.807) is 16.4 Å². The molecule has 8 heteroatoms. The molecule has 0 spiro atoms. The second-order valence-corrected chi connectivity index (χ2v) is 10.5. The van der Waals surface area contributed by atoms with Crippen LogP contribution in [0.3, 0.4) is 0 Å². The molecule has 0 radical (unpaired) electrons. The van der Waals surface area contributed by atoms with Gasteiger partial charge in [0.1, 0.15) is 4.21 Å². The Hall–Kier alpha value is -1.90. The Morgan fingerprint density at radius 1 is 0.893 bits per heavy atom. The lowest BCUT2D eigenvalue weighted by Gasteiger charge is -2.35. The number of thiophene rings is 1. The molecule has 0 unspecified atom stereocenters. The van der Waals surface area contributed by atoms with Crippen molar-refractivity contribution in [2.45, 2.75) is 23.5 Å². The van der Waals surface area contributed by atoms with E-state index in [2.05, 4.69) is 4.90 Å². The second-order valence-electron chi connectivity index (χ2n) is 7.21. The van der Waals surface area contributed by atoms with E-state index in [4.69, 9.17) is 0 Å². The van der Waals surface area contributed by atoms with Gasteiger partial charge in [-0.3, -0.25) is 4.79 Å². The van der Waals surface area contributed by atoms with E-state index < -0.39 is 10.0 Å². The van der Waals surface area contributed by atoms with Crippen LogP contribution in [0, 0.1) is 0 Å². The van der Waals surface area contributed by atoms with Crippen molar-refractivity contribution in [3.8, 4) is 0 Å². The van der Waals surface area contributed by atoms with Crippen LogP contribution < -0.4 is 4.90 Å². The number of hydrogen-bond donors (Lipinski definition) is 0. The van der Waals surface area contributed by atoms with Gasteiger partial charge in [0.15, 0.2) is 0 Å². The Morgan fingerprint density at radius 3 is 2.25 bits per heavy atom. The number of sulfonamides is 1. The number of carbonyl (C=O) groups is 1. The number of amides is 1. The number of benzene rings is 1. The molecular formula is C20H25N3O3S2. The number of rotatable bonds is 5. The normalized spacial score (nSPS) is 18.6. The molecule has 4 rings (SSSR count). The first-order valence-corrected chi connectivity index (χ1v) is 12.0. The van der Waals surface area contributed by atoms with E-state index >= 15 is 0 Å². The summed E-state index contributed by atoms with van der Waals surface area (Å²) in [6, 6.07) is 13.5. The predicted octanol–water partition coefficient (Wildman–Crippen LogP) is 2.42. The molecule has 2 fully saturated rings.